The molecule has 3 aromatic rings. The Morgan fingerprint density at radius 3 is 2.86 bits per heavy atom. The third-order valence-corrected chi connectivity index (χ3v) is 2.83. The Balaban J connectivity index is 2.09. The fraction of sp³-hybridized carbons (Fsp3) is 0. The number of pyridine rings is 1. The van der Waals surface area contributed by atoms with Crippen LogP contribution in [0.25, 0.3) is 17.3 Å². The molecular weight excluding hydrogens is 290 g/mol. The summed E-state index contributed by atoms with van der Waals surface area (Å²) in [5.74, 6) is 0.341. The van der Waals surface area contributed by atoms with E-state index in [1.807, 2.05) is 0 Å². The molecule has 1 N–H and O–H groups in total. The van der Waals surface area contributed by atoms with Crippen LogP contribution < -0.4 is 0 Å². The first-order chi connectivity index (χ1) is 10.7. The molecule has 3 rings (SSSR count). The van der Waals surface area contributed by atoms with Gasteiger partial charge in [-0.25, -0.2) is 9.67 Å². The fourth-order valence-electron chi connectivity index (χ4n) is 1.90. The van der Waals surface area contributed by atoms with Gasteiger partial charge in [0, 0.05) is 18.0 Å². The lowest BCUT2D eigenvalue weighted by atomic mass is 10.2. The first-order valence-electron chi connectivity index (χ1n) is 6.12. The van der Waals surface area contributed by atoms with Crippen LogP contribution in [-0.2, 0) is 0 Å². The summed E-state index contributed by atoms with van der Waals surface area (Å²) in [6, 6.07) is 7.95. The molecule has 0 unspecified atom stereocenters. The largest absolute Gasteiger partial charge is 0.433 e. The van der Waals surface area contributed by atoms with Gasteiger partial charge in [-0.1, -0.05) is 11.2 Å². The number of aromatic nitrogens is 3. The Kier molecular flexibility index (Phi) is 3.36. The molecule has 0 radical (unpaired) electrons. The van der Waals surface area contributed by atoms with E-state index in [-0.39, 0.29) is 5.76 Å². The minimum atomic E-state index is -0.640. The van der Waals surface area contributed by atoms with Gasteiger partial charge in [0.05, 0.1) is 12.3 Å². The van der Waals surface area contributed by atoms with E-state index in [0.717, 1.165) is 6.21 Å². The smallest absolute Gasteiger partial charge is 0.411 e. The fourth-order valence-corrected chi connectivity index (χ4v) is 1.90. The summed E-state index contributed by atoms with van der Waals surface area (Å²) in [6.07, 6.45) is 4.34. The Bertz CT molecular complexity index is 837. The minimum absolute atomic E-state index is 0.191. The lowest BCUT2D eigenvalue weighted by molar-refractivity contribution is -0.401. The minimum Gasteiger partial charge on any atom is -0.411 e. The maximum absolute atomic E-state index is 10.7. The van der Waals surface area contributed by atoms with Gasteiger partial charge in [-0.15, -0.1) is 0 Å². The van der Waals surface area contributed by atoms with Crippen molar-refractivity contribution < 1.29 is 14.5 Å². The number of nitrogens with zero attached hydrogens (tertiary/aromatic N) is 5. The average molecular weight is 299 g/mol. The third-order valence-electron chi connectivity index (χ3n) is 2.83. The zero-order chi connectivity index (χ0) is 15.5. The number of nitro groups is 1. The Hall–Kier alpha value is -3.49. The van der Waals surface area contributed by atoms with E-state index >= 15 is 0 Å². The number of hydrogen-bond acceptors (Lipinski definition) is 7. The van der Waals surface area contributed by atoms with Crippen LogP contribution in [0.2, 0.25) is 0 Å². The molecule has 9 heteroatoms. The summed E-state index contributed by atoms with van der Waals surface area (Å²) < 4.78 is 6.59. The number of hydrogen-bond donors (Lipinski definition) is 1. The van der Waals surface area contributed by atoms with Crippen molar-refractivity contribution in [2.75, 3.05) is 0 Å². The normalized spacial score (nSPS) is 11.1. The van der Waals surface area contributed by atoms with Gasteiger partial charge in [-0.05, 0) is 18.2 Å². The van der Waals surface area contributed by atoms with Crippen molar-refractivity contribution in [1.29, 1.82) is 0 Å². The summed E-state index contributed by atoms with van der Waals surface area (Å²) in [4.78, 5) is 14.2. The maximum Gasteiger partial charge on any atom is 0.433 e. The van der Waals surface area contributed by atoms with E-state index in [1.165, 1.54) is 16.8 Å². The molecule has 0 bridgehead atoms. The molecule has 0 atom stereocenters. The lowest BCUT2D eigenvalue weighted by Crippen LogP contribution is -1.96. The van der Waals surface area contributed by atoms with E-state index in [1.54, 1.807) is 30.6 Å². The van der Waals surface area contributed by atoms with Gasteiger partial charge in [0.25, 0.3) is 0 Å². The third kappa shape index (κ3) is 2.42. The molecular formula is C13H9N5O4. The summed E-state index contributed by atoms with van der Waals surface area (Å²) in [6.45, 7) is 0. The Morgan fingerprint density at radius 2 is 2.23 bits per heavy atom. The van der Waals surface area contributed by atoms with Crippen LogP contribution in [0.1, 0.15) is 5.56 Å². The van der Waals surface area contributed by atoms with Crippen molar-refractivity contribution in [3.63, 3.8) is 0 Å². The van der Waals surface area contributed by atoms with Crippen molar-refractivity contribution in [3.05, 3.63) is 58.4 Å². The predicted octanol–water partition coefficient (Wildman–Crippen LogP) is 2.24. The molecule has 0 saturated carbocycles. The summed E-state index contributed by atoms with van der Waals surface area (Å²) in [7, 11) is 0. The highest BCUT2D eigenvalue weighted by molar-refractivity contribution is 5.87. The first kappa shape index (κ1) is 13.5. The van der Waals surface area contributed by atoms with Gasteiger partial charge in [0.2, 0.25) is 0 Å². The highest BCUT2D eigenvalue weighted by Gasteiger charge is 2.19. The average Bonchev–Trinajstić information content (AvgIpc) is 3.15. The molecule has 3 aromatic heterocycles. The molecule has 0 amide bonds. The molecule has 3 heterocycles. The second-order valence-electron chi connectivity index (χ2n) is 4.21. The molecule has 110 valence electrons. The standard InChI is InChI=1S/C13H9N5O4/c19-15-7-9-8-17(11-3-1-2-6-14-11)16-13(9)10-4-5-12(22-10)18(20)21/h1-8,19H/b15-7+. The highest BCUT2D eigenvalue weighted by atomic mass is 16.6. The van der Waals surface area contributed by atoms with E-state index in [0.29, 0.717) is 17.1 Å². The number of rotatable bonds is 4. The van der Waals surface area contributed by atoms with Gasteiger partial charge < -0.3 is 9.62 Å². The van der Waals surface area contributed by atoms with E-state index in [2.05, 4.69) is 15.2 Å². The molecule has 0 aromatic carbocycles. The quantitative estimate of drug-likeness (QED) is 0.341. The summed E-state index contributed by atoms with van der Waals surface area (Å²) in [5.41, 5.74) is 0.731. The molecule has 0 aliphatic carbocycles. The molecule has 0 fully saturated rings. The molecule has 0 aliphatic heterocycles. The van der Waals surface area contributed by atoms with Crippen LogP contribution in [-0.4, -0.2) is 31.1 Å². The molecule has 0 aliphatic rings. The van der Waals surface area contributed by atoms with Crippen molar-refractivity contribution in [3.8, 4) is 17.3 Å². The van der Waals surface area contributed by atoms with E-state index < -0.39 is 10.8 Å². The topological polar surface area (TPSA) is 120 Å². The van der Waals surface area contributed by atoms with Gasteiger partial charge in [-0.2, -0.15) is 5.10 Å². The van der Waals surface area contributed by atoms with Gasteiger partial charge in [-0.3, -0.25) is 10.1 Å². The Labute approximate surface area is 123 Å². The van der Waals surface area contributed by atoms with Gasteiger partial charge in [0.1, 0.15) is 10.6 Å². The van der Waals surface area contributed by atoms with Crippen LogP contribution in [0, 0.1) is 10.1 Å². The number of furan rings is 1. The SMILES string of the molecule is O=[N+]([O-])c1ccc(-c2nn(-c3ccccn3)cc2/C=N/O)o1. The zero-order valence-corrected chi connectivity index (χ0v) is 11.0. The van der Waals surface area contributed by atoms with Crippen LogP contribution in [0.5, 0.6) is 0 Å². The van der Waals surface area contributed by atoms with E-state index in [4.69, 9.17) is 9.62 Å². The van der Waals surface area contributed by atoms with Crippen LogP contribution in [0.3, 0.4) is 0 Å². The number of oxime groups is 1. The monoisotopic (exact) mass is 299 g/mol. The van der Waals surface area contributed by atoms with Crippen molar-refractivity contribution in [2.45, 2.75) is 0 Å². The van der Waals surface area contributed by atoms with Crippen LogP contribution in [0.4, 0.5) is 5.88 Å². The van der Waals surface area contributed by atoms with Crippen LogP contribution in [0.15, 0.2) is 52.3 Å². The Morgan fingerprint density at radius 1 is 1.36 bits per heavy atom. The van der Waals surface area contributed by atoms with Crippen LogP contribution >= 0.6 is 0 Å². The summed E-state index contributed by atoms with van der Waals surface area (Å²) in [5, 5.41) is 26.7. The predicted molar refractivity (Wildman–Crippen MR) is 75.1 cm³/mol. The second-order valence-corrected chi connectivity index (χ2v) is 4.21. The molecule has 9 nitrogen and oxygen atoms in total. The summed E-state index contributed by atoms with van der Waals surface area (Å²) >= 11 is 0. The van der Waals surface area contributed by atoms with Gasteiger partial charge >= 0.3 is 5.88 Å². The maximum atomic E-state index is 10.7. The first-order valence-corrected chi connectivity index (χ1v) is 6.12. The zero-order valence-electron chi connectivity index (χ0n) is 11.0. The molecule has 0 spiro atoms. The highest BCUT2D eigenvalue weighted by Crippen LogP contribution is 2.27. The van der Waals surface area contributed by atoms with Crippen molar-refractivity contribution >= 4 is 12.1 Å². The molecule has 22 heavy (non-hydrogen) atoms. The van der Waals surface area contributed by atoms with E-state index in [9.17, 15) is 10.1 Å². The second kappa shape index (κ2) is 5.48. The van der Waals surface area contributed by atoms with Crippen molar-refractivity contribution in [2.24, 2.45) is 5.16 Å². The van der Waals surface area contributed by atoms with Crippen molar-refractivity contribution in [1.82, 2.24) is 14.8 Å². The molecule has 0 saturated heterocycles. The lowest BCUT2D eigenvalue weighted by Gasteiger charge is -1.97. The van der Waals surface area contributed by atoms with Gasteiger partial charge in [0.15, 0.2) is 11.6 Å².